The van der Waals surface area contributed by atoms with E-state index in [9.17, 15) is 9.90 Å². The van der Waals surface area contributed by atoms with Gasteiger partial charge in [-0.25, -0.2) is 4.79 Å². The molecule has 2 aliphatic carbocycles. The van der Waals surface area contributed by atoms with Crippen LogP contribution in [0.5, 0.6) is 5.75 Å². The molecule has 3 aromatic rings. The zero-order valence-electron chi connectivity index (χ0n) is 21.4. The normalized spacial score (nSPS) is 24.1. The molecule has 0 saturated heterocycles. The smallest absolute Gasteiger partial charge is 0.410 e. The first-order chi connectivity index (χ1) is 18.0. The molecule has 0 bridgehead atoms. The fraction of sp³-hybridized carbons (Fsp3) is 0.375. The molecule has 190 valence electrons. The molecule has 2 N–H and O–H groups in total. The molecule has 37 heavy (non-hydrogen) atoms. The van der Waals surface area contributed by atoms with Crippen molar-refractivity contribution in [3.05, 3.63) is 95.3 Å². The van der Waals surface area contributed by atoms with Crippen LogP contribution >= 0.6 is 0 Å². The number of aryl methyl sites for hydroxylation is 1. The van der Waals surface area contributed by atoms with Crippen molar-refractivity contribution in [2.45, 2.75) is 62.9 Å². The minimum absolute atomic E-state index is 0.0694. The van der Waals surface area contributed by atoms with Crippen molar-refractivity contribution in [2.75, 3.05) is 6.54 Å². The molecule has 5 rings (SSSR count). The summed E-state index contributed by atoms with van der Waals surface area (Å²) >= 11 is 0. The number of pyridine rings is 1. The topological polar surface area (TPSA) is 71.5 Å². The van der Waals surface area contributed by atoms with E-state index in [0.717, 1.165) is 31.4 Å². The molecule has 5 nitrogen and oxygen atoms in total. The quantitative estimate of drug-likeness (QED) is 0.451. The van der Waals surface area contributed by atoms with E-state index < -0.39 is 11.7 Å². The van der Waals surface area contributed by atoms with E-state index in [1.165, 1.54) is 16.7 Å². The predicted octanol–water partition coefficient (Wildman–Crippen LogP) is 5.39. The zero-order valence-corrected chi connectivity index (χ0v) is 21.4. The zero-order chi connectivity index (χ0) is 25.7. The Labute approximate surface area is 219 Å². The van der Waals surface area contributed by atoms with Crippen LogP contribution in [0.15, 0.2) is 72.9 Å². The first kappa shape index (κ1) is 25.0. The van der Waals surface area contributed by atoms with Crippen LogP contribution in [0, 0.1) is 17.8 Å². The van der Waals surface area contributed by atoms with Gasteiger partial charge in [0.2, 0.25) is 0 Å². The lowest BCUT2D eigenvalue weighted by Gasteiger charge is -2.52. The number of carbonyl (C=O) groups excluding carboxylic acids is 1. The largest absolute Gasteiger partial charge is 0.412 e. The maximum atomic E-state index is 12.4. The molecule has 1 amide bonds. The maximum Gasteiger partial charge on any atom is 0.412 e. The number of nitrogens with one attached hydrogen (secondary N) is 1. The van der Waals surface area contributed by atoms with E-state index in [2.05, 4.69) is 58.5 Å². The lowest BCUT2D eigenvalue weighted by molar-refractivity contribution is -0.00804. The fourth-order valence-corrected chi connectivity index (χ4v) is 6.34. The van der Waals surface area contributed by atoms with Gasteiger partial charge in [0, 0.05) is 30.3 Å². The Hall–Kier alpha value is -3.62. The van der Waals surface area contributed by atoms with Crippen molar-refractivity contribution in [3.63, 3.8) is 0 Å². The molecule has 1 heterocycles. The van der Waals surface area contributed by atoms with Crippen LogP contribution in [-0.2, 0) is 24.7 Å². The number of benzene rings is 2. The summed E-state index contributed by atoms with van der Waals surface area (Å²) in [6.07, 6.45) is 6.97. The van der Waals surface area contributed by atoms with Gasteiger partial charge in [-0.2, -0.15) is 0 Å². The number of hydrogen-bond donors (Lipinski definition) is 2. The van der Waals surface area contributed by atoms with Crippen LogP contribution in [-0.4, -0.2) is 28.3 Å². The van der Waals surface area contributed by atoms with Crippen LogP contribution in [0.1, 0.15) is 55.0 Å². The number of aromatic nitrogens is 1. The second-order valence-electron chi connectivity index (χ2n) is 10.4. The molecule has 1 saturated carbocycles. The first-order valence-electron chi connectivity index (χ1n) is 13.2. The van der Waals surface area contributed by atoms with Gasteiger partial charge in [-0.05, 0) is 92.3 Å². The summed E-state index contributed by atoms with van der Waals surface area (Å²) in [4.78, 5) is 16.7. The monoisotopic (exact) mass is 494 g/mol. The molecule has 0 radical (unpaired) electrons. The Bertz CT molecular complexity index is 1300. The van der Waals surface area contributed by atoms with Crippen molar-refractivity contribution in [1.82, 2.24) is 10.3 Å². The van der Waals surface area contributed by atoms with Crippen LogP contribution < -0.4 is 10.1 Å². The lowest BCUT2D eigenvalue weighted by Crippen LogP contribution is -2.50. The average molecular weight is 495 g/mol. The maximum absolute atomic E-state index is 12.4. The molecule has 3 atom stereocenters. The standard InChI is InChI=1S/C32H34N2O3/c1-2-16-31(36)17-18-32(22-24-8-4-3-5-9-24)26(23-31)12-11-25-21-28(13-14-29(25)32)37-30(35)34-20-15-27-10-6-7-19-33-27/h3-10,13-14,19,21,26,36H,11-12,15,17-18,20,22-23H2,1H3,(H,34,35)/t26-,31+,32+/m0/s1. The van der Waals surface area contributed by atoms with Crippen LogP contribution in [0.25, 0.3) is 0 Å². The van der Waals surface area contributed by atoms with Crippen molar-refractivity contribution in [3.8, 4) is 17.6 Å². The summed E-state index contributed by atoms with van der Waals surface area (Å²) < 4.78 is 5.64. The van der Waals surface area contributed by atoms with Crippen LogP contribution in [0.2, 0.25) is 0 Å². The number of ether oxygens (including phenoxy) is 1. The van der Waals surface area contributed by atoms with E-state index in [1.807, 2.05) is 30.3 Å². The number of rotatable bonds is 6. The van der Waals surface area contributed by atoms with E-state index in [4.69, 9.17) is 4.74 Å². The Balaban J connectivity index is 1.34. The molecule has 0 spiro atoms. The van der Waals surface area contributed by atoms with Gasteiger partial charge in [0.25, 0.3) is 0 Å². The van der Waals surface area contributed by atoms with E-state index >= 15 is 0 Å². The van der Waals surface area contributed by atoms with Gasteiger partial charge in [0.1, 0.15) is 11.4 Å². The van der Waals surface area contributed by atoms with Crippen LogP contribution in [0.3, 0.4) is 0 Å². The second-order valence-corrected chi connectivity index (χ2v) is 10.4. The number of fused-ring (bicyclic) bond motifs is 3. The Kier molecular flexibility index (Phi) is 7.30. The van der Waals surface area contributed by atoms with Crippen LogP contribution in [0.4, 0.5) is 4.79 Å². The molecule has 2 aromatic carbocycles. The van der Waals surface area contributed by atoms with Crippen molar-refractivity contribution in [2.24, 2.45) is 5.92 Å². The predicted molar refractivity (Wildman–Crippen MR) is 144 cm³/mol. The highest BCUT2D eigenvalue weighted by molar-refractivity contribution is 5.70. The fourth-order valence-electron chi connectivity index (χ4n) is 6.34. The highest BCUT2D eigenvalue weighted by atomic mass is 16.6. The van der Waals surface area contributed by atoms with Crippen molar-refractivity contribution in [1.29, 1.82) is 0 Å². The minimum atomic E-state index is -0.909. The summed E-state index contributed by atoms with van der Waals surface area (Å²) in [5, 5.41) is 14.0. The number of amides is 1. The Morgan fingerprint density at radius 3 is 2.76 bits per heavy atom. The summed E-state index contributed by atoms with van der Waals surface area (Å²) in [6.45, 7) is 2.27. The molecule has 1 fully saturated rings. The van der Waals surface area contributed by atoms with Gasteiger partial charge < -0.3 is 15.2 Å². The average Bonchev–Trinajstić information content (AvgIpc) is 2.90. The highest BCUT2D eigenvalue weighted by Crippen LogP contribution is 2.54. The number of carbonyl (C=O) groups is 1. The first-order valence-corrected chi connectivity index (χ1v) is 13.2. The van der Waals surface area contributed by atoms with Gasteiger partial charge in [0.15, 0.2) is 0 Å². The molecule has 2 aliphatic rings. The van der Waals surface area contributed by atoms with E-state index in [1.54, 1.807) is 13.1 Å². The molecule has 5 heteroatoms. The molecular weight excluding hydrogens is 460 g/mol. The van der Waals surface area contributed by atoms with E-state index in [0.29, 0.717) is 37.5 Å². The molecule has 1 aromatic heterocycles. The van der Waals surface area contributed by atoms with Gasteiger partial charge >= 0.3 is 6.09 Å². The highest BCUT2D eigenvalue weighted by Gasteiger charge is 2.51. The summed E-state index contributed by atoms with van der Waals surface area (Å²) in [5.74, 6) is 6.94. The van der Waals surface area contributed by atoms with Crippen molar-refractivity contribution >= 4 is 6.09 Å². The second kappa shape index (κ2) is 10.8. The van der Waals surface area contributed by atoms with Gasteiger partial charge in [0.05, 0.1) is 0 Å². The number of hydrogen-bond acceptors (Lipinski definition) is 4. The molecular formula is C32H34N2O3. The third kappa shape index (κ3) is 5.55. The number of nitrogens with zero attached hydrogens (tertiary/aromatic N) is 1. The third-order valence-electron chi connectivity index (χ3n) is 8.03. The third-order valence-corrected chi connectivity index (χ3v) is 8.03. The number of aliphatic hydroxyl groups is 1. The Morgan fingerprint density at radius 1 is 1.14 bits per heavy atom. The van der Waals surface area contributed by atoms with E-state index in [-0.39, 0.29) is 5.41 Å². The Morgan fingerprint density at radius 2 is 1.97 bits per heavy atom. The van der Waals surface area contributed by atoms with Gasteiger partial charge in [-0.15, -0.1) is 5.92 Å². The van der Waals surface area contributed by atoms with Gasteiger partial charge in [-0.1, -0.05) is 48.4 Å². The minimum Gasteiger partial charge on any atom is -0.410 e. The summed E-state index contributed by atoms with van der Waals surface area (Å²) in [7, 11) is 0. The SMILES string of the molecule is CC#C[C@@]1(O)CC[C@]2(Cc3ccccc3)c3ccc(OC(=O)NCCc4ccccn4)cc3CC[C@H]2C1. The van der Waals surface area contributed by atoms with Gasteiger partial charge in [-0.3, -0.25) is 4.98 Å². The van der Waals surface area contributed by atoms with Crippen molar-refractivity contribution < 1.29 is 14.6 Å². The molecule has 0 unspecified atom stereocenters. The lowest BCUT2D eigenvalue weighted by atomic mass is 9.52. The molecule has 0 aliphatic heterocycles. The summed E-state index contributed by atoms with van der Waals surface area (Å²) in [6, 6.07) is 22.5. The summed E-state index contributed by atoms with van der Waals surface area (Å²) in [5.41, 5.74) is 3.81.